The van der Waals surface area contributed by atoms with E-state index >= 15 is 0 Å². The number of aromatic nitrogens is 2. The SMILES string of the molecule is CC(C)(C)[Si](C)(C)Oc1ccc(-n2nc3c(c2C=O)CC(O[Si](C)(C)C(C)(C)C)CC3)cc1. The summed E-state index contributed by atoms with van der Waals surface area (Å²) in [5.74, 6) is 0.873. The zero-order chi connectivity index (χ0) is 24.8. The fourth-order valence-corrected chi connectivity index (χ4v) is 6.10. The van der Waals surface area contributed by atoms with Crippen molar-refractivity contribution in [1.29, 1.82) is 0 Å². The average Bonchev–Trinajstić information content (AvgIpc) is 3.04. The zero-order valence-corrected chi connectivity index (χ0v) is 24.2. The minimum absolute atomic E-state index is 0.139. The van der Waals surface area contributed by atoms with E-state index < -0.39 is 16.6 Å². The van der Waals surface area contributed by atoms with E-state index in [2.05, 4.69) is 67.7 Å². The van der Waals surface area contributed by atoms with E-state index in [1.807, 2.05) is 24.3 Å². The largest absolute Gasteiger partial charge is 0.544 e. The lowest BCUT2D eigenvalue weighted by atomic mass is 9.94. The quantitative estimate of drug-likeness (QED) is 0.327. The van der Waals surface area contributed by atoms with Crippen molar-refractivity contribution in [1.82, 2.24) is 9.78 Å². The topological polar surface area (TPSA) is 53.4 Å². The van der Waals surface area contributed by atoms with E-state index in [0.29, 0.717) is 5.69 Å². The Morgan fingerprint density at radius 3 is 2.06 bits per heavy atom. The molecule has 0 fully saturated rings. The molecule has 0 bridgehead atoms. The number of nitrogens with zero attached hydrogens (tertiary/aromatic N) is 2. The summed E-state index contributed by atoms with van der Waals surface area (Å²) in [6, 6.07) is 7.98. The lowest BCUT2D eigenvalue weighted by molar-refractivity contribution is 0.111. The predicted molar refractivity (Wildman–Crippen MR) is 141 cm³/mol. The molecule has 7 heteroatoms. The van der Waals surface area contributed by atoms with Crippen LogP contribution in [0.1, 0.15) is 69.7 Å². The van der Waals surface area contributed by atoms with Crippen molar-refractivity contribution in [2.75, 3.05) is 0 Å². The van der Waals surface area contributed by atoms with Gasteiger partial charge in [-0.1, -0.05) is 41.5 Å². The van der Waals surface area contributed by atoms with Crippen molar-refractivity contribution in [3.8, 4) is 11.4 Å². The maximum atomic E-state index is 12.1. The van der Waals surface area contributed by atoms with Crippen molar-refractivity contribution < 1.29 is 13.6 Å². The van der Waals surface area contributed by atoms with Crippen LogP contribution in [-0.2, 0) is 17.3 Å². The smallest absolute Gasteiger partial charge is 0.250 e. The third-order valence-electron chi connectivity index (χ3n) is 7.88. The van der Waals surface area contributed by atoms with Crippen LogP contribution in [0.3, 0.4) is 0 Å². The van der Waals surface area contributed by atoms with Gasteiger partial charge in [0.05, 0.1) is 11.4 Å². The van der Waals surface area contributed by atoms with E-state index in [1.165, 1.54) is 0 Å². The van der Waals surface area contributed by atoms with Gasteiger partial charge in [0.2, 0.25) is 8.32 Å². The second kappa shape index (κ2) is 8.82. The number of rotatable bonds is 6. The van der Waals surface area contributed by atoms with E-state index in [-0.39, 0.29) is 16.2 Å². The third-order valence-corrected chi connectivity index (χ3v) is 16.8. The first-order chi connectivity index (χ1) is 15.1. The molecule has 0 N–H and O–H groups in total. The van der Waals surface area contributed by atoms with Crippen molar-refractivity contribution in [3.05, 3.63) is 41.2 Å². The van der Waals surface area contributed by atoms with Crippen LogP contribution < -0.4 is 4.43 Å². The van der Waals surface area contributed by atoms with Gasteiger partial charge >= 0.3 is 0 Å². The second-order valence-corrected chi connectivity index (χ2v) is 21.9. The summed E-state index contributed by atoms with van der Waals surface area (Å²) in [5.41, 5.74) is 3.60. The van der Waals surface area contributed by atoms with Crippen LogP contribution in [0.15, 0.2) is 24.3 Å². The third kappa shape index (κ3) is 5.36. The number of carbonyl (C=O) groups excluding carboxylic acids is 1. The standard InChI is InChI=1S/C26H42N2O3Si2/c1-25(2,3)32(7,8)30-20-13-11-19(12-14-20)28-24(18-29)22-17-21(15-16-23(22)27-28)31-33(9,10)26(4,5)6/h11-14,18,21H,15-17H2,1-10H3. The molecule has 182 valence electrons. The number of hydrogen-bond donors (Lipinski definition) is 0. The highest BCUT2D eigenvalue weighted by atomic mass is 28.4. The van der Waals surface area contributed by atoms with Crippen molar-refractivity contribution in [2.45, 2.75) is 103 Å². The predicted octanol–water partition coefficient (Wildman–Crippen LogP) is 6.95. The molecule has 1 unspecified atom stereocenters. The van der Waals surface area contributed by atoms with Crippen LogP contribution in [0.25, 0.3) is 5.69 Å². The molecular weight excluding hydrogens is 444 g/mol. The maximum Gasteiger partial charge on any atom is 0.250 e. The minimum Gasteiger partial charge on any atom is -0.544 e. The molecule has 0 saturated carbocycles. The summed E-state index contributed by atoms with van der Waals surface area (Å²) in [6.07, 6.45) is 3.64. The molecule has 1 atom stereocenters. The summed E-state index contributed by atoms with van der Waals surface area (Å²) in [6.45, 7) is 22.6. The molecule has 0 saturated heterocycles. The number of aryl methyl sites for hydroxylation is 1. The summed E-state index contributed by atoms with van der Waals surface area (Å²) >= 11 is 0. The summed E-state index contributed by atoms with van der Waals surface area (Å²) in [4.78, 5) is 12.1. The second-order valence-electron chi connectivity index (χ2n) is 12.4. The number of hydrogen-bond acceptors (Lipinski definition) is 4. The Bertz CT molecular complexity index is 996. The Kier molecular flexibility index (Phi) is 6.92. The molecule has 1 aromatic heterocycles. The van der Waals surface area contributed by atoms with Crippen LogP contribution in [0.4, 0.5) is 0 Å². The first-order valence-corrected chi connectivity index (χ1v) is 17.9. The first kappa shape index (κ1) is 25.9. The van der Waals surface area contributed by atoms with Gasteiger partial charge in [0, 0.05) is 18.1 Å². The maximum absolute atomic E-state index is 12.1. The lowest BCUT2D eigenvalue weighted by Gasteiger charge is -2.40. The monoisotopic (exact) mass is 486 g/mol. The molecule has 1 aliphatic carbocycles. The van der Waals surface area contributed by atoms with Crippen LogP contribution >= 0.6 is 0 Å². The molecule has 0 radical (unpaired) electrons. The van der Waals surface area contributed by atoms with Crippen LogP contribution in [-0.4, -0.2) is 38.8 Å². The van der Waals surface area contributed by atoms with Crippen LogP contribution in [0.5, 0.6) is 5.75 Å². The highest BCUT2D eigenvalue weighted by Gasteiger charge is 2.41. The van der Waals surface area contributed by atoms with Crippen molar-refractivity contribution in [2.24, 2.45) is 0 Å². The van der Waals surface area contributed by atoms with Gasteiger partial charge in [-0.2, -0.15) is 5.10 Å². The molecule has 0 amide bonds. The summed E-state index contributed by atoms with van der Waals surface area (Å²) in [5, 5.41) is 5.13. The van der Waals surface area contributed by atoms with E-state index in [1.54, 1.807) is 4.68 Å². The number of aldehydes is 1. The first-order valence-electron chi connectivity index (χ1n) is 12.1. The Morgan fingerprint density at radius 1 is 0.970 bits per heavy atom. The average molecular weight is 487 g/mol. The van der Waals surface area contributed by atoms with Gasteiger partial charge in [0.1, 0.15) is 11.4 Å². The lowest BCUT2D eigenvalue weighted by Crippen LogP contribution is -2.45. The zero-order valence-electron chi connectivity index (χ0n) is 22.2. The van der Waals surface area contributed by atoms with E-state index in [0.717, 1.165) is 48.2 Å². The fraction of sp³-hybridized carbons (Fsp3) is 0.615. The van der Waals surface area contributed by atoms with Gasteiger partial charge in [-0.3, -0.25) is 4.79 Å². The van der Waals surface area contributed by atoms with Gasteiger partial charge in [0.15, 0.2) is 14.6 Å². The molecule has 0 aliphatic heterocycles. The van der Waals surface area contributed by atoms with Crippen LogP contribution in [0.2, 0.25) is 36.3 Å². The summed E-state index contributed by atoms with van der Waals surface area (Å²) in [7, 11) is -3.76. The molecule has 1 aliphatic rings. The van der Waals surface area contributed by atoms with Gasteiger partial charge in [-0.15, -0.1) is 0 Å². The number of fused-ring (bicyclic) bond motifs is 1. The minimum atomic E-state index is -1.90. The molecular formula is C26H42N2O3Si2. The molecule has 5 nitrogen and oxygen atoms in total. The molecule has 1 heterocycles. The molecule has 3 rings (SSSR count). The van der Waals surface area contributed by atoms with Gasteiger partial charge < -0.3 is 8.85 Å². The highest BCUT2D eigenvalue weighted by Crippen LogP contribution is 2.40. The Balaban J connectivity index is 1.83. The Hall–Kier alpha value is -1.71. The molecule has 1 aromatic carbocycles. The Morgan fingerprint density at radius 2 is 1.55 bits per heavy atom. The molecule has 2 aromatic rings. The molecule has 33 heavy (non-hydrogen) atoms. The van der Waals surface area contributed by atoms with Crippen LogP contribution in [0, 0.1) is 0 Å². The molecule has 0 spiro atoms. The normalized spacial score (nSPS) is 17.6. The number of benzene rings is 1. The van der Waals surface area contributed by atoms with Gasteiger partial charge in [0.25, 0.3) is 0 Å². The van der Waals surface area contributed by atoms with Gasteiger partial charge in [-0.25, -0.2) is 4.68 Å². The highest BCUT2D eigenvalue weighted by molar-refractivity contribution is 6.75. The van der Waals surface area contributed by atoms with E-state index in [9.17, 15) is 4.79 Å². The van der Waals surface area contributed by atoms with Crippen molar-refractivity contribution >= 4 is 22.9 Å². The van der Waals surface area contributed by atoms with E-state index in [4.69, 9.17) is 14.0 Å². The summed E-state index contributed by atoms with van der Waals surface area (Å²) < 4.78 is 14.9. The fourth-order valence-electron chi connectivity index (χ4n) is 3.68. The Labute approximate surface area is 202 Å². The number of carbonyl (C=O) groups is 1. The van der Waals surface area contributed by atoms with Crippen molar-refractivity contribution in [3.63, 3.8) is 0 Å². The van der Waals surface area contributed by atoms with Gasteiger partial charge in [-0.05, 0) is 73.4 Å².